The second-order valence-corrected chi connectivity index (χ2v) is 23.4. The van der Waals surface area contributed by atoms with Crippen molar-refractivity contribution in [3.63, 3.8) is 0 Å². The molecule has 84 heavy (non-hydrogen) atoms. The normalized spacial score (nSPS) is 19.4. The van der Waals surface area contributed by atoms with Crippen molar-refractivity contribution in [2.24, 2.45) is 40.9 Å². The number of ether oxygens (including phenoxy) is 3. The Kier molecular flexibility index (Phi) is 43.5. The van der Waals surface area contributed by atoms with Gasteiger partial charge in [-0.1, -0.05) is 183 Å². The summed E-state index contributed by atoms with van der Waals surface area (Å²) in [6, 6.07) is 0. The van der Waals surface area contributed by atoms with Crippen LogP contribution in [0.3, 0.4) is 0 Å². The molecule has 5 rings (SSSR count). The van der Waals surface area contributed by atoms with E-state index in [1.54, 1.807) is 13.0 Å². The average molecular weight is 1180 g/mol. The van der Waals surface area contributed by atoms with Gasteiger partial charge in [0.25, 0.3) is 0 Å². The van der Waals surface area contributed by atoms with E-state index in [1.807, 2.05) is 26.8 Å². The maximum Gasteiger partial charge on any atom is 0.338 e. The van der Waals surface area contributed by atoms with Crippen molar-refractivity contribution in [1.29, 1.82) is 0 Å². The predicted molar refractivity (Wildman–Crippen MR) is 328 cm³/mol. The van der Waals surface area contributed by atoms with E-state index in [1.165, 1.54) is 144 Å². The van der Waals surface area contributed by atoms with Gasteiger partial charge in [0, 0.05) is 38.1 Å². The second-order valence-electron chi connectivity index (χ2n) is 23.4. The molecule has 6 N–H and O–H groups in total. The summed E-state index contributed by atoms with van der Waals surface area (Å²) in [4.78, 5) is 118. The molecular weight excluding hydrogens is 1070 g/mol. The lowest BCUT2D eigenvalue weighted by Gasteiger charge is -2.16. The fourth-order valence-electron chi connectivity index (χ4n) is 10.4. The Balaban J connectivity index is 0.000000676. The number of nitrogens with zero attached hydrogens (tertiary/aromatic N) is 2. The van der Waals surface area contributed by atoms with E-state index in [2.05, 4.69) is 27.7 Å². The van der Waals surface area contributed by atoms with Crippen molar-refractivity contribution in [2.75, 3.05) is 32.7 Å². The lowest BCUT2D eigenvalue weighted by molar-refractivity contribution is -0.154. The van der Waals surface area contributed by atoms with Crippen molar-refractivity contribution in [3.8, 4) is 0 Å². The quantitative estimate of drug-likeness (QED) is 0.0129. The van der Waals surface area contributed by atoms with Crippen molar-refractivity contribution >= 4 is 59.4 Å². The molecule has 0 radical (unpaired) electrons. The van der Waals surface area contributed by atoms with Gasteiger partial charge in [-0.15, -0.1) is 6.58 Å². The van der Waals surface area contributed by atoms with Gasteiger partial charge in [-0.3, -0.25) is 48.2 Å². The number of imide groups is 2. The first-order chi connectivity index (χ1) is 40.3. The summed E-state index contributed by atoms with van der Waals surface area (Å²) in [6.07, 6.45) is 41.6. The molecule has 5 heterocycles. The zero-order valence-corrected chi connectivity index (χ0v) is 52.3. The predicted octanol–water partition coefficient (Wildman–Crippen LogP) is 11.6. The van der Waals surface area contributed by atoms with E-state index in [4.69, 9.17) is 17.2 Å². The molecule has 5 aliphatic heterocycles. The summed E-state index contributed by atoms with van der Waals surface area (Å²) in [7, 11) is 0. The summed E-state index contributed by atoms with van der Waals surface area (Å²) < 4.78 is 12.8. The molecule has 0 saturated carbocycles. The molecular formula is C66H109N5O13. The molecule has 0 aromatic rings. The minimum Gasteiger partial charge on any atom is -0.393 e. The largest absolute Gasteiger partial charge is 0.393 e. The Bertz CT molecular complexity index is 2110. The van der Waals surface area contributed by atoms with Crippen LogP contribution in [0.2, 0.25) is 0 Å². The van der Waals surface area contributed by atoms with Crippen molar-refractivity contribution in [2.45, 2.75) is 253 Å². The minimum absolute atomic E-state index is 0.0320. The number of carbonyl (C=O) groups excluding carboxylic acids is 10. The molecule has 0 aliphatic carbocycles. The molecule has 0 bridgehead atoms. The maximum atomic E-state index is 13.0. The fourth-order valence-corrected chi connectivity index (χ4v) is 10.4. The highest BCUT2D eigenvalue weighted by atomic mass is 16.6. The highest BCUT2D eigenvalue weighted by Gasteiger charge is 2.40. The van der Waals surface area contributed by atoms with E-state index >= 15 is 0 Å². The molecule has 0 spiro atoms. The number of unbranched alkanes of at least 4 members (excludes halogenated alkanes) is 25. The number of esters is 6. The van der Waals surface area contributed by atoms with Crippen molar-refractivity contribution in [3.05, 3.63) is 47.6 Å². The van der Waals surface area contributed by atoms with Crippen LogP contribution in [0.25, 0.3) is 0 Å². The molecule has 18 nitrogen and oxygen atoms in total. The lowest BCUT2D eigenvalue weighted by atomic mass is 9.95. The number of rotatable bonds is 38. The van der Waals surface area contributed by atoms with Crippen LogP contribution in [0.15, 0.2) is 47.6 Å². The van der Waals surface area contributed by atoms with Gasteiger partial charge in [0.1, 0.15) is 0 Å². The van der Waals surface area contributed by atoms with Crippen LogP contribution < -0.4 is 17.2 Å². The van der Waals surface area contributed by atoms with Crippen LogP contribution >= 0.6 is 0 Å². The molecule has 0 aromatic heterocycles. The van der Waals surface area contributed by atoms with Gasteiger partial charge in [0.05, 0.1) is 36.5 Å². The zero-order valence-electron chi connectivity index (χ0n) is 52.3. The van der Waals surface area contributed by atoms with E-state index in [0.717, 1.165) is 94.3 Å². The summed E-state index contributed by atoms with van der Waals surface area (Å²) in [5, 5.41) is 0. The van der Waals surface area contributed by atoms with Crippen LogP contribution in [-0.4, -0.2) is 102 Å². The summed E-state index contributed by atoms with van der Waals surface area (Å²) in [5.41, 5.74) is 19.3. The average Bonchev–Trinajstić information content (AvgIpc) is 4.35. The van der Waals surface area contributed by atoms with Crippen LogP contribution in [0.5, 0.6) is 0 Å². The molecule has 476 valence electrons. The van der Waals surface area contributed by atoms with Gasteiger partial charge in [0.2, 0.25) is 23.6 Å². The highest BCUT2D eigenvalue weighted by Crippen LogP contribution is 2.30. The molecule has 4 unspecified atom stereocenters. The molecule has 18 heteroatoms. The maximum absolute atomic E-state index is 13.0. The highest BCUT2D eigenvalue weighted by molar-refractivity contribution is 6.06. The van der Waals surface area contributed by atoms with E-state index in [9.17, 15) is 47.9 Å². The molecule has 4 atom stereocenters. The van der Waals surface area contributed by atoms with Crippen molar-refractivity contribution < 1.29 is 62.2 Å². The van der Waals surface area contributed by atoms with Gasteiger partial charge < -0.3 is 31.4 Å². The van der Waals surface area contributed by atoms with Crippen LogP contribution in [0.1, 0.15) is 253 Å². The Morgan fingerprint density at radius 2 is 0.786 bits per heavy atom. The summed E-state index contributed by atoms with van der Waals surface area (Å²) in [6.45, 7) is 16.9. The van der Waals surface area contributed by atoms with Crippen molar-refractivity contribution in [1.82, 2.24) is 9.80 Å². The number of nitrogens with two attached hydrogens (primary N) is 3. The van der Waals surface area contributed by atoms with Crippen LogP contribution in [0, 0.1) is 23.7 Å². The Hall–Kier alpha value is -5.46. The van der Waals surface area contributed by atoms with Crippen LogP contribution in [0.4, 0.5) is 0 Å². The number of likely N-dealkylation sites (tertiary alicyclic amines) is 2. The number of amides is 4. The summed E-state index contributed by atoms with van der Waals surface area (Å²) >= 11 is 0. The molecule has 0 aromatic carbocycles. The third-order valence-corrected chi connectivity index (χ3v) is 14.9. The van der Waals surface area contributed by atoms with Gasteiger partial charge in [-0.25, -0.2) is 9.59 Å². The van der Waals surface area contributed by atoms with Gasteiger partial charge in [0.15, 0.2) is 0 Å². The molecule has 5 aliphatic rings. The first-order valence-electron chi connectivity index (χ1n) is 32.0. The van der Waals surface area contributed by atoms with E-state index in [0.29, 0.717) is 25.9 Å². The third-order valence-electron chi connectivity index (χ3n) is 14.9. The smallest absolute Gasteiger partial charge is 0.338 e. The number of cyclic esters (lactones) is 6. The topological polar surface area (TPSA) is 283 Å². The standard InChI is InChI=1S/C34H60N4O4.C12H27N.C12H12O6.C4H2O3.C4H8/c1-28(24-29-26-31(39)37(33(29)41)22-18-14-10-6-2-4-8-12-16-20-35)25-30-27-32(40)38(34(30)42)23-19-15-11-7-3-5-9-13-17-21-36;1-2-3-4-5-6-7-8-9-10-11-12-13;1-6(2-7-4-9(13)17-11(7)15)3-8-5-10(14)18-12(8)16;5-3-1-2-4(6)7-3;1-4(2)3/h24,29-30H,2-23,25-27,35-36H2,1H3;2-13H2,1H3;2,7-8H,3-5H2,1H3;1-2H;1H2,2-3H3. The van der Waals surface area contributed by atoms with Gasteiger partial charge in [-0.2, -0.15) is 0 Å². The fraction of sp³-hybridized carbons (Fsp3) is 0.727. The second kappa shape index (κ2) is 47.7. The number of hydrogen-bond donors (Lipinski definition) is 3. The third kappa shape index (κ3) is 36.4. The monoisotopic (exact) mass is 1180 g/mol. The first kappa shape index (κ1) is 76.6. The molecule has 4 amide bonds. The minimum atomic E-state index is -0.579. The Morgan fingerprint density at radius 3 is 1.14 bits per heavy atom. The van der Waals surface area contributed by atoms with Gasteiger partial charge >= 0.3 is 35.8 Å². The number of carbonyl (C=O) groups is 10. The summed E-state index contributed by atoms with van der Waals surface area (Å²) in [5.74, 6) is -5.56. The zero-order chi connectivity index (χ0) is 62.5. The van der Waals surface area contributed by atoms with Gasteiger partial charge in [-0.05, 0) is 92.3 Å². The first-order valence-corrected chi connectivity index (χ1v) is 32.0. The number of allylic oxidation sites excluding steroid dienone is 3. The van der Waals surface area contributed by atoms with Crippen LogP contribution in [-0.2, 0) is 62.2 Å². The number of hydrogen-bond acceptors (Lipinski definition) is 16. The molecule has 4 saturated heterocycles. The SMILES string of the molecule is C=C(C)C.CC(=CC1CC(=O)N(CCCCCCCCCCCN)C1=O)CC1CC(=O)N(CCCCCCCCCCCN)C1=O.CC(=CC1CC(=O)OC1=O)CC1CC(=O)OC1=O.CCCCCCCCCCCCN.O=C1C=CC(=O)O1. The van der Waals surface area contributed by atoms with E-state index < -0.39 is 53.6 Å². The Labute approximate surface area is 503 Å². The molecule has 4 fully saturated rings. The Morgan fingerprint density at radius 1 is 0.440 bits per heavy atom. The lowest BCUT2D eigenvalue weighted by Crippen LogP contribution is -2.32. The van der Waals surface area contributed by atoms with E-state index in [-0.39, 0.29) is 55.2 Å².